The van der Waals surface area contributed by atoms with Crippen molar-refractivity contribution in [2.75, 3.05) is 11.1 Å². The Balaban J connectivity index is 1.61. The molecule has 2 aromatic carbocycles. The Morgan fingerprint density at radius 1 is 1.13 bits per heavy atom. The summed E-state index contributed by atoms with van der Waals surface area (Å²) >= 11 is 7.36. The molecule has 0 unspecified atom stereocenters. The lowest BCUT2D eigenvalue weighted by Gasteiger charge is -2.11. The molecule has 0 bridgehead atoms. The van der Waals surface area contributed by atoms with Crippen molar-refractivity contribution in [1.29, 1.82) is 0 Å². The second-order valence-corrected chi connectivity index (χ2v) is 8.38. The summed E-state index contributed by atoms with van der Waals surface area (Å²) < 4.78 is 7.90. The molecule has 0 radical (unpaired) electrons. The number of aryl methyl sites for hydroxylation is 3. The van der Waals surface area contributed by atoms with Gasteiger partial charge in [-0.2, -0.15) is 0 Å². The number of thioether (sulfide) groups is 1. The molecule has 0 atom stereocenters. The maximum Gasteiger partial charge on any atom is 0.234 e. The predicted octanol–water partition coefficient (Wildman–Crippen LogP) is 5.19. The molecule has 1 amide bonds. The van der Waals surface area contributed by atoms with Crippen molar-refractivity contribution in [2.45, 2.75) is 46.0 Å². The normalized spacial score (nSPS) is 10.8. The number of nitrogens with one attached hydrogen (secondary N) is 1. The lowest BCUT2D eigenvalue weighted by atomic mass is 10.1. The van der Waals surface area contributed by atoms with Gasteiger partial charge < -0.3 is 14.6 Å². The van der Waals surface area contributed by atoms with Crippen molar-refractivity contribution < 1.29 is 9.53 Å². The molecule has 0 aliphatic rings. The molecular formula is C22H25ClN4O2S. The quantitative estimate of drug-likeness (QED) is 0.484. The molecule has 1 aromatic heterocycles. The topological polar surface area (TPSA) is 69.0 Å². The van der Waals surface area contributed by atoms with Crippen molar-refractivity contribution >= 4 is 35.0 Å². The lowest BCUT2D eigenvalue weighted by molar-refractivity contribution is -0.113. The first-order chi connectivity index (χ1) is 14.4. The number of ether oxygens (including phenoxy) is 1. The third-order valence-electron chi connectivity index (χ3n) is 4.60. The van der Waals surface area contributed by atoms with Gasteiger partial charge in [0.05, 0.1) is 5.75 Å². The van der Waals surface area contributed by atoms with Crippen molar-refractivity contribution in [2.24, 2.45) is 0 Å². The van der Waals surface area contributed by atoms with E-state index >= 15 is 0 Å². The first-order valence-electron chi connectivity index (χ1n) is 9.68. The number of hydrogen-bond donors (Lipinski definition) is 1. The van der Waals surface area contributed by atoms with Gasteiger partial charge in [0.25, 0.3) is 0 Å². The van der Waals surface area contributed by atoms with E-state index < -0.39 is 0 Å². The van der Waals surface area contributed by atoms with Crippen LogP contribution in [0.4, 0.5) is 5.69 Å². The summed E-state index contributed by atoms with van der Waals surface area (Å²) in [4.78, 5) is 12.4. The molecule has 1 N–H and O–H groups in total. The van der Waals surface area contributed by atoms with E-state index in [1.807, 2.05) is 43.5 Å². The van der Waals surface area contributed by atoms with Crippen LogP contribution in [-0.2, 0) is 17.9 Å². The van der Waals surface area contributed by atoms with Crippen LogP contribution in [0.2, 0.25) is 5.02 Å². The van der Waals surface area contributed by atoms with Gasteiger partial charge in [-0.15, -0.1) is 10.2 Å². The van der Waals surface area contributed by atoms with Gasteiger partial charge in [-0.3, -0.25) is 4.79 Å². The third kappa shape index (κ3) is 5.55. The molecule has 3 rings (SSSR count). The zero-order valence-corrected chi connectivity index (χ0v) is 19.1. The van der Waals surface area contributed by atoms with E-state index in [4.69, 9.17) is 16.3 Å². The van der Waals surface area contributed by atoms with Gasteiger partial charge in [0, 0.05) is 17.3 Å². The van der Waals surface area contributed by atoms with Crippen LogP contribution >= 0.6 is 23.4 Å². The zero-order chi connectivity index (χ0) is 21.7. The zero-order valence-electron chi connectivity index (χ0n) is 17.5. The summed E-state index contributed by atoms with van der Waals surface area (Å²) in [5, 5.41) is 12.7. The molecule has 158 valence electrons. The van der Waals surface area contributed by atoms with E-state index in [0.717, 1.165) is 22.7 Å². The standard InChI is InChI=1S/C22H25ClN4O2S/c1-5-27-20(12-29-19-9-6-14(2)10-16(19)4)25-26-22(27)30-13-21(28)24-18-11-17(23)8-7-15(18)3/h6-11H,5,12-13H2,1-4H3,(H,24,28). The molecule has 0 saturated carbocycles. The van der Waals surface area contributed by atoms with Crippen LogP contribution in [0.1, 0.15) is 29.4 Å². The maximum atomic E-state index is 12.4. The first-order valence-corrected chi connectivity index (χ1v) is 11.0. The smallest absolute Gasteiger partial charge is 0.234 e. The molecular weight excluding hydrogens is 420 g/mol. The number of carbonyl (C=O) groups is 1. The molecule has 3 aromatic rings. The van der Waals surface area contributed by atoms with Gasteiger partial charge in [-0.1, -0.05) is 47.1 Å². The molecule has 0 aliphatic carbocycles. The molecule has 1 heterocycles. The van der Waals surface area contributed by atoms with E-state index in [1.54, 1.807) is 12.1 Å². The molecule has 6 nitrogen and oxygen atoms in total. The van der Waals surface area contributed by atoms with Crippen LogP contribution in [0, 0.1) is 20.8 Å². The van der Waals surface area contributed by atoms with Gasteiger partial charge >= 0.3 is 0 Å². The first kappa shape index (κ1) is 22.2. The average Bonchev–Trinajstić information content (AvgIpc) is 3.10. The summed E-state index contributed by atoms with van der Waals surface area (Å²) in [6, 6.07) is 11.5. The number of nitrogens with zero attached hydrogens (tertiary/aromatic N) is 3. The second-order valence-electron chi connectivity index (χ2n) is 7.00. The van der Waals surface area contributed by atoms with Crippen molar-refractivity contribution in [1.82, 2.24) is 14.8 Å². The van der Waals surface area contributed by atoms with Crippen LogP contribution in [0.15, 0.2) is 41.6 Å². The van der Waals surface area contributed by atoms with Gasteiger partial charge in [0.1, 0.15) is 12.4 Å². The monoisotopic (exact) mass is 444 g/mol. The molecule has 30 heavy (non-hydrogen) atoms. The molecule has 0 spiro atoms. The van der Waals surface area contributed by atoms with E-state index in [-0.39, 0.29) is 11.7 Å². The highest BCUT2D eigenvalue weighted by atomic mass is 35.5. The number of carbonyl (C=O) groups excluding carboxylic acids is 1. The average molecular weight is 445 g/mol. The van der Waals surface area contributed by atoms with E-state index in [1.165, 1.54) is 17.3 Å². The number of benzene rings is 2. The van der Waals surface area contributed by atoms with Crippen molar-refractivity contribution in [3.8, 4) is 5.75 Å². The Morgan fingerprint density at radius 3 is 2.67 bits per heavy atom. The summed E-state index contributed by atoms with van der Waals surface area (Å²) in [5.41, 5.74) is 3.95. The van der Waals surface area contributed by atoms with Crippen molar-refractivity contribution in [3.05, 3.63) is 63.9 Å². The predicted molar refractivity (Wildman–Crippen MR) is 121 cm³/mol. The minimum atomic E-state index is -0.121. The van der Waals surface area contributed by atoms with Crippen molar-refractivity contribution in [3.63, 3.8) is 0 Å². The highest BCUT2D eigenvalue weighted by Crippen LogP contribution is 2.23. The molecule has 0 fully saturated rings. The van der Waals surface area contributed by atoms with E-state index in [2.05, 4.69) is 28.5 Å². The van der Waals surface area contributed by atoms with Gasteiger partial charge in [0.2, 0.25) is 5.91 Å². The fraction of sp³-hybridized carbons (Fsp3) is 0.318. The summed E-state index contributed by atoms with van der Waals surface area (Å²) in [6.45, 7) is 9.03. The van der Waals surface area contributed by atoms with Gasteiger partial charge in [-0.05, 0) is 57.0 Å². The van der Waals surface area contributed by atoms with Crippen LogP contribution in [-0.4, -0.2) is 26.4 Å². The third-order valence-corrected chi connectivity index (χ3v) is 5.80. The fourth-order valence-corrected chi connectivity index (χ4v) is 3.99. The summed E-state index contributed by atoms with van der Waals surface area (Å²) in [6.07, 6.45) is 0. The van der Waals surface area contributed by atoms with Crippen LogP contribution in [0.3, 0.4) is 0 Å². The Hall–Kier alpha value is -2.51. The molecule has 0 saturated heterocycles. The van der Waals surface area contributed by atoms with Crippen LogP contribution in [0.5, 0.6) is 5.75 Å². The Kier molecular flexibility index (Phi) is 7.39. The number of rotatable bonds is 8. The largest absolute Gasteiger partial charge is 0.485 e. The second kappa shape index (κ2) is 10.00. The molecule has 0 aliphatic heterocycles. The minimum Gasteiger partial charge on any atom is -0.485 e. The van der Waals surface area contributed by atoms with Crippen LogP contribution < -0.4 is 10.1 Å². The lowest BCUT2D eigenvalue weighted by Crippen LogP contribution is -2.15. The Bertz CT molecular complexity index is 1050. The summed E-state index contributed by atoms with van der Waals surface area (Å²) in [5.74, 6) is 1.66. The number of aromatic nitrogens is 3. The van der Waals surface area contributed by atoms with E-state index in [0.29, 0.717) is 29.0 Å². The number of amides is 1. The summed E-state index contributed by atoms with van der Waals surface area (Å²) in [7, 11) is 0. The number of anilines is 1. The number of halogens is 1. The molecule has 8 heteroatoms. The van der Waals surface area contributed by atoms with Crippen LogP contribution in [0.25, 0.3) is 0 Å². The maximum absolute atomic E-state index is 12.4. The van der Waals surface area contributed by atoms with E-state index in [9.17, 15) is 4.79 Å². The highest BCUT2D eigenvalue weighted by Gasteiger charge is 2.15. The number of hydrogen-bond acceptors (Lipinski definition) is 5. The minimum absolute atomic E-state index is 0.121. The fourth-order valence-electron chi connectivity index (χ4n) is 3.00. The SMILES string of the molecule is CCn1c(COc2ccc(C)cc2C)nnc1SCC(=O)Nc1cc(Cl)ccc1C. The Labute approximate surface area is 186 Å². The van der Waals surface area contributed by atoms with Gasteiger partial charge in [0.15, 0.2) is 11.0 Å². The van der Waals surface area contributed by atoms with Gasteiger partial charge in [-0.25, -0.2) is 0 Å². The highest BCUT2D eigenvalue weighted by molar-refractivity contribution is 7.99. The Morgan fingerprint density at radius 2 is 1.93 bits per heavy atom.